The molecule has 1 aromatic rings. The van der Waals surface area contributed by atoms with Crippen LogP contribution in [0.4, 0.5) is 5.69 Å². The number of esters is 1. The van der Waals surface area contributed by atoms with Gasteiger partial charge < -0.3 is 4.74 Å². The van der Waals surface area contributed by atoms with Crippen molar-refractivity contribution in [2.24, 2.45) is 5.10 Å². The predicted octanol–water partition coefficient (Wildman–Crippen LogP) is 1.76. The first kappa shape index (κ1) is 12.4. The Kier molecular flexibility index (Phi) is 4.72. The average Bonchev–Trinajstić information content (AvgIpc) is 2.31. The summed E-state index contributed by atoms with van der Waals surface area (Å²) < 4.78 is 5.46. The van der Waals surface area contributed by atoms with Gasteiger partial charge in [-0.2, -0.15) is 10.4 Å². The van der Waals surface area contributed by atoms with Crippen molar-refractivity contribution in [1.29, 1.82) is 5.26 Å². The minimum absolute atomic E-state index is 0.318. The summed E-state index contributed by atoms with van der Waals surface area (Å²) >= 11 is 2.17. The Hall–Kier alpha value is -1.62. The number of nitriles is 1. The second-order valence-corrected chi connectivity index (χ2v) is 3.93. The second kappa shape index (κ2) is 6.07. The SMILES string of the molecule is COC(=O)/C(C#N)=N/Nc1ccc(I)cc1. The zero-order valence-electron chi connectivity index (χ0n) is 8.40. The molecule has 0 saturated carbocycles. The van der Waals surface area contributed by atoms with Gasteiger partial charge in [-0.05, 0) is 46.9 Å². The number of anilines is 1. The molecule has 1 N–H and O–H groups in total. The zero-order chi connectivity index (χ0) is 12.0. The minimum Gasteiger partial charge on any atom is -0.464 e. The zero-order valence-corrected chi connectivity index (χ0v) is 10.6. The molecule has 0 unspecified atom stereocenters. The van der Waals surface area contributed by atoms with Crippen LogP contribution < -0.4 is 5.43 Å². The molecule has 6 heteroatoms. The summed E-state index contributed by atoms with van der Waals surface area (Å²) in [6.45, 7) is 0. The highest BCUT2D eigenvalue weighted by Crippen LogP contribution is 2.10. The van der Waals surface area contributed by atoms with E-state index in [4.69, 9.17) is 5.26 Å². The molecule has 0 radical (unpaired) electrons. The van der Waals surface area contributed by atoms with Gasteiger partial charge in [-0.1, -0.05) is 0 Å². The van der Waals surface area contributed by atoms with Gasteiger partial charge in [0, 0.05) is 3.57 Å². The monoisotopic (exact) mass is 329 g/mol. The molecule has 0 amide bonds. The van der Waals surface area contributed by atoms with Crippen LogP contribution in [0, 0.1) is 14.9 Å². The summed E-state index contributed by atoms with van der Waals surface area (Å²) in [4.78, 5) is 11.0. The maximum absolute atomic E-state index is 11.0. The van der Waals surface area contributed by atoms with Crippen LogP contribution in [0.1, 0.15) is 0 Å². The third kappa shape index (κ3) is 3.51. The van der Waals surface area contributed by atoms with Crippen LogP contribution in [0.5, 0.6) is 0 Å². The highest BCUT2D eigenvalue weighted by molar-refractivity contribution is 14.1. The molecule has 82 valence electrons. The first-order chi connectivity index (χ1) is 7.67. The van der Waals surface area contributed by atoms with Crippen molar-refractivity contribution in [2.75, 3.05) is 12.5 Å². The Balaban J connectivity index is 2.75. The third-order valence-corrected chi connectivity index (χ3v) is 2.34. The number of rotatable bonds is 3. The van der Waals surface area contributed by atoms with E-state index in [1.807, 2.05) is 12.1 Å². The molecule has 5 nitrogen and oxygen atoms in total. The number of methoxy groups -OCH3 is 1. The van der Waals surface area contributed by atoms with Gasteiger partial charge in [0.15, 0.2) is 0 Å². The maximum Gasteiger partial charge on any atom is 0.369 e. The number of benzene rings is 1. The lowest BCUT2D eigenvalue weighted by Gasteiger charge is -2.00. The van der Waals surface area contributed by atoms with E-state index in [1.54, 1.807) is 18.2 Å². The van der Waals surface area contributed by atoms with Crippen LogP contribution in [0.2, 0.25) is 0 Å². The van der Waals surface area contributed by atoms with Crippen LogP contribution in [0.25, 0.3) is 0 Å². The molecule has 0 spiro atoms. The summed E-state index contributed by atoms with van der Waals surface area (Å²) in [5, 5.41) is 12.3. The molecule has 1 aromatic carbocycles. The molecule has 0 aliphatic rings. The van der Waals surface area contributed by atoms with Crippen molar-refractivity contribution in [3.8, 4) is 6.07 Å². The van der Waals surface area contributed by atoms with Gasteiger partial charge in [-0.15, -0.1) is 0 Å². The van der Waals surface area contributed by atoms with E-state index in [2.05, 4.69) is 37.9 Å². The Morgan fingerprint density at radius 3 is 2.62 bits per heavy atom. The second-order valence-electron chi connectivity index (χ2n) is 2.68. The summed E-state index contributed by atoms with van der Waals surface area (Å²) in [5.41, 5.74) is 2.97. The normalized spacial score (nSPS) is 10.4. The maximum atomic E-state index is 11.0. The van der Waals surface area contributed by atoms with Gasteiger partial charge in [0.2, 0.25) is 5.71 Å². The summed E-state index contributed by atoms with van der Waals surface area (Å²) in [5.74, 6) is -0.763. The molecular weight excluding hydrogens is 321 g/mol. The lowest BCUT2D eigenvalue weighted by molar-refractivity contribution is -0.132. The number of hydrazone groups is 1. The van der Waals surface area contributed by atoms with Crippen molar-refractivity contribution < 1.29 is 9.53 Å². The van der Waals surface area contributed by atoms with E-state index >= 15 is 0 Å². The Bertz CT molecular complexity index is 448. The molecule has 0 fully saturated rings. The molecule has 0 aromatic heterocycles. The van der Waals surface area contributed by atoms with Crippen molar-refractivity contribution in [3.63, 3.8) is 0 Å². The van der Waals surface area contributed by atoms with Gasteiger partial charge in [-0.3, -0.25) is 5.43 Å². The van der Waals surface area contributed by atoms with Crippen LogP contribution >= 0.6 is 22.6 Å². The van der Waals surface area contributed by atoms with Gasteiger partial charge in [0.25, 0.3) is 0 Å². The number of nitrogens with zero attached hydrogens (tertiary/aromatic N) is 2. The first-order valence-corrected chi connectivity index (χ1v) is 5.33. The third-order valence-electron chi connectivity index (χ3n) is 1.63. The van der Waals surface area contributed by atoms with E-state index in [0.29, 0.717) is 5.69 Å². The summed E-state index contributed by atoms with van der Waals surface area (Å²) in [6.07, 6.45) is 0. The highest BCUT2D eigenvalue weighted by atomic mass is 127. The predicted molar refractivity (Wildman–Crippen MR) is 67.8 cm³/mol. The highest BCUT2D eigenvalue weighted by Gasteiger charge is 2.10. The standard InChI is InChI=1S/C10H8IN3O2/c1-16-10(15)9(6-12)14-13-8-4-2-7(11)3-5-8/h2-5,13H,1H3/b14-9+. The van der Waals surface area contributed by atoms with Crippen molar-refractivity contribution in [2.45, 2.75) is 0 Å². The smallest absolute Gasteiger partial charge is 0.369 e. The van der Waals surface area contributed by atoms with Crippen LogP contribution in [0.3, 0.4) is 0 Å². The Morgan fingerprint density at radius 1 is 1.50 bits per heavy atom. The van der Waals surface area contributed by atoms with Crippen LogP contribution in [-0.2, 0) is 9.53 Å². The molecule has 0 bridgehead atoms. The van der Waals surface area contributed by atoms with E-state index in [1.165, 1.54) is 7.11 Å². The first-order valence-electron chi connectivity index (χ1n) is 4.25. The summed E-state index contributed by atoms with van der Waals surface area (Å²) in [6, 6.07) is 8.98. The van der Waals surface area contributed by atoms with Crippen LogP contribution in [-0.4, -0.2) is 18.8 Å². The average molecular weight is 329 g/mol. The van der Waals surface area contributed by atoms with Gasteiger partial charge in [-0.25, -0.2) is 4.79 Å². The molecule has 1 rings (SSSR count). The van der Waals surface area contributed by atoms with E-state index in [9.17, 15) is 4.79 Å². The number of hydrogen-bond acceptors (Lipinski definition) is 5. The number of hydrogen-bond donors (Lipinski definition) is 1. The number of halogens is 1. The molecule has 0 aliphatic carbocycles. The number of carbonyl (C=O) groups is 1. The van der Waals surface area contributed by atoms with Crippen molar-refractivity contribution in [3.05, 3.63) is 27.8 Å². The van der Waals surface area contributed by atoms with E-state index in [-0.39, 0.29) is 5.71 Å². The summed E-state index contributed by atoms with van der Waals surface area (Å²) in [7, 11) is 1.19. The molecule has 0 saturated heterocycles. The van der Waals surface area contributed by atoms with Crippen LogP contribution in [0.15, 0.2) is 29.4 Å². The molecule has 0 atom stereocenters. The van der Waals surface area contributed by atoms with Gasteiger partial charge in [0.05, 0.1) is 12.8 Å². The molecular formula is C10H8IN3O2. The lowest BCUT2D eigenvalue weighted by Crippen LogP contribution is -2.15. The quantitative estimate of drug-likeness (QED) is 0.397. The topological polar surface area (TPSA) is 74.5 Å². The van der Waals surface area contributed by atoms with Gasteiger partial charge >= 0.3 is 5.97 Å². The van der Waals surface area contributed by atoms with Gasteiger partial charge in [0.1, 0.15) is 6.07 Å². The molecule has 0 heterocycles. The van der Waals surface area contributed by atoms with Crippen molar-refractivity contribution in [1.82, 2.24) is 0 Å². The number of carbonyl (C=O) groups excluding carboxylic acids is 1. The number of nitrogens with one attached hydrogen (secondary N) is 1. The fourth-order valence-corrected chi connectivity index (χ4v) is 1.22. The molecule has 0 aliphatic heterocycles. The van der Waals surface area contributed by atoms with E-state index in [0.717, 1.165) is 3.57 Å². The largest absolute Gasteiger partial charge is 0.464 e. The van der Waals surface area contributed by atoms with Crippen molar-refractivity contribution >= 4 is 40.0 Å². The Morgan fingerprint density at radius 2 is 2.12 bits per heavy atom. The lowest BCUT2D eigenvalue weighted by atomic mass is 10.3. The Labute approximate surface area is 106 Å². The fourth-order valence-electron chi connectivity index (χ4n) is 0.858. The fraction of sp³-hybridized carbons (Fsp3) is 0.100. The molecule has 16 heavy (non-hydrogen) atoms. The number of ether oxygens (including phenoxy) is 1. The minimum atomic E-state index is -0.763. The van der Waals surface area contributed by atoms with E-state index < -0.39 is 5.97 Å².